The summed E-state index contributed by atoms with van der Waals surface area (Å²) in [4.78, 5) is 44.1. The highest BCUT2D eigenvalue weighted by Gasteiger charge is 2.22. The average molecular weight is 441 g/mol. The van der Waals surface area contributed by atoms with Crippen molar-refractivity contribution in [2.75, 3.05) is 0 Å². The number of carbonyl (C=O) groups excluding carboxylic acids is 2. The number of carbonyl (C=O) groups is 2. The molecular formula is C26H32O6. The molecule has 0 aliphatic carbocycles. The molecule has 0 aromatic heterocycles. The van der Waals surface area contributed by atoms with Gasteiger partial charge in [-0.3, -0.25) is 9.78 Å². The van der Waals surface area contributed by atoms with Crippen LogP contribution < -0.4 is 0 Å². The third-order valence-corrected chi connectivity index (χ3v) is 4.77. The van der Waals surface area contributed by atoms with Crippen molar-refractivity contribution in [3.63, 3.8) is 0 Å². The lowest BCUT2D eigenvalue weighted by Gasteiger charge is -2.19. The van der Waals surface area contributed by atoms with E-state index in [1.807, 2.05) is 24.3 Å². The highest BCUT2D eigenvalue weighted by molar-refractivity contribution is 5.89. The van der Waals surface area contributed by atoms with Gasteiger partial charge in [0.15, 0.2) is 0 Å². The molecule has 2 aromatic rings. The van der Waals surface area contributed by atoms with Gasteiger partial charge in [-0.1, -0.05) is 72.7 Å². The van der Waals surface area contributed by atoms with Crippen LogP contribution >= 0.6 is 0 Å². The first kappa shape index (κ1) is 25.6. The van der Waals surface area contributed by atoms with Gasteiger partial charge in [0.2, 0.25) is 0 Å². The molecule has 172 valence electrons. The molecule has 2 radical (unpaired) electrons. The number of hydrogen-bond donors (Lipinski definition) is 0. The Kier molecular flexibility index (Phi) is 8.58. The fourth-order valence-electron chi connectivity index (χ4n) is 2.72. The van der Waals surface area contributed by atoms with Gasteiger partial charge in [-0.25, -0.2) is 9.59 Å². The first-order chi connectivity index (χ1) is 14.9. The fourth-order valence-corrected chi connectivity index (χ4v) is 2.72. The standard InChI is InChI=1S/C26H32O6/c1-8-9-22(29-31-23(27)18-10-14-20(15-11-18)25(2,3)4)30-32-24(28)19-12-16-21(17-13-19)26(5,6)7/h10-17H,1,8-9H2,2-7H3. The molecule has 0 N–H and O–H groups in total. The highest BCUT2D eigenvalue weighted by Crippen LogP contribution is 2.24. The Bertz CT molecular complexity index is 812. The van der Waals surface area contributed by atoms with Gasteiger partial charge in [0, 0.05) is 6.42 Å². The van der Waals surface area contributed by atoms with Crippen molar-refractivity contribution in [3.05, 3.63) is 84.0 Å². The van der Waals surface area contributed by atoms with Crippen LogP contribution in [-0.2, 0) is 30.4 Å². The molecule has 0 amide bonds. The molecule has 2 rings (SSSR count). The minimum atomic E-state index is -0.695. The van der Waals surface area contributed by atoms with Gasteiger partial charge in [-0.15, -0.1) is 9.78 Å². The highest BCUT2D eigenvalue weighted by atomic mass is 17.3. The Balaban J connectivity index is 1.90. The van der Waals surface area contributed by atoms with E-state index in [1.54, 1.807) is 24.3 Å². The Labute approximate surface area is 190 Å². The van der Waals surface area contributed by atoms with Gasteiger partial charge in [0.25, 0.3) is 0 Å². The SMILES string of the molecule is [CH2]CC[C](OOC(=O)c1ccc(C(C)(C)C)cc1)OOC(=O)c1ccc(C(C)(C)C)cc1. The molecule has 0 unspecified atom stereocenters. The lowest BCUT2D eigenvalue weighted by molar-refractivity contribution is -0.363. The summed E-state index contributed by atoms with van der Waals surface area (Å²) in [5, 5.41) is 0. The summed E-state index contributed by atoms with van der Waals surface area (Å²) in [7, 11) is 0. The van der Waals surface area contributed by atoms with Crippen LogP contribution in [-0.4, -0.2) is 11.9 Å². The van der Waals surface area contributed by atoms with E-state index in [1.165, 1.54) is 0 Å². The summed E-state index contributed by atoms with van der Waals surface area (Å²) in [5.74, 6) is -1.39. The number of hydrogen-bond acceptors (Lipinski definition) is 6. The quantitative estimate of drug-likeness (QED) is 0.356. The zero-order valence-corrected chi connectivity index (χ0v) is 19.7. The summed E-state index contributed by atoms with van der Waals surface area (Å²) >= 11 is 0. The summed E-state index contributed by atoms with van der Waals surface area (Å²) in [5.41, 5.74) is 2.76. The number of rotatable bonds is 8. The Morgan fingerprint density at radius 3 is 1.28 bits per heavy atom. The van der Waals surface area contributed by atoms with Crippen molar-refractivity contribution in [2.45, 2.75) is 65.2 Å². The van der Waals surface area contributed by atoms with Crippen LogP contribution in [0.5, 0.6) is 0 Å². The van der Waals surface area contributed by atoms with E-state index in [2.05, 4.69) is 48.5 Å². The maximum atomic E-state index is 12.2. The topological polar surface area (TPSA) is 71.1 Å². The second-order valence-electron chi connectivity index (χ2n) is 9.54. The predicted octanol–water partition coefficient (Wildman–Crippen LogP) is 6.26. The van der Waals surface area contributed by atoms with E-state index in [9.17, 15) is 9.59 Å². The van der Waals surface area contributed by atoms with Crippen molar-refractivity contribution in [1.82, 2.24) is 0 Å². The molecular weight excluding hydrogens is 408 g/mol. The molecule has 0 aliphatic heterocycles. The smallest absolute Gasteiger partial charge is 0.289 e. The molecule has 0 saturated heterocycles. The number of benzene rings is 2. The van der Waals surface area contributed by atoms with E-state index in [0.29, 0.717) is 17.5 Å². The summed E-state index contributed by atoms with van der Waals surface area (Å²) in [6.07, 6.45) is 0.372. The van der Waals surface area contributed by atoms with E-state index in [-0.39, 0.29) is 23.5 Å². The molecule has 0 aliphatic rings. The van der Waals surface area contributed by atoms with Gasteiger partial charge in [-0.05, 0) is 52.6 Å². The first-order valence-corrected chi connectivity index (χ1v) is 10.6. The zero-order chi connectivity index (χ0) is 23.9. The molecule has 0 atom stereocenters. The lowest BCUT2D eigenvalue weighted by Crippen LogP contribution is -2.16. The molecule has 0 fully saturated rings. The van der Waals surface area contributed by atoms with Crippen molar-refractivity contribution < 1.29 is 29.1 Å². The maximum Gasteiger partial charge on any atom is 0.373 e. The van der Waals surface area contributed by atoms with Gasteiger partial charge in [0.05, 0.1) is 11.1 Å². The normalized spacial score (nSPS) is 12.0. The lowest BCUT2D eigenvalue weighted by atomic mass is 9.87. The van der Waals surface area contributed by atoms with Crippen LogP contribution in [0.4, 0.5) is 0 Å². The second kappa shape index (κ2) is 10.7. The predicted molar refractivity (Wildman–Crippen MR) is 121 cm³/mol. The zero-order valence-electron chi connectivity index (χ0n) is 19.7. The molecule has 6 heteroatoms. The van der Waals surface area contributed by atoms with Crippen molar-refractivity contribution in [2.24, 2.45) is 0 Å². The molecule has 0 heterocycles. The van der Waals surface area contributed by atoms with Crippen molar-refractivity contribution in [1.29, 1.82) is 0 Å². The van der Waals surface area contributed by atoms with Crippen LogP contribution in [0.25, 0.3) is 0 Å². The Morgan fingerprint density at radius 2 is 1.00 bits per heavy atom. The van der Waals surface area contributed by atoms with E-state index in [4.69, 9.17) is 19.6 Å². The van der Waals surface area contributed by atoms with Crippen LogP contribution in [0.15, 0.2) is 48.5 Å². The second-order valence-corrected chi connectivity index (χ2v) is 9.54. The maximum absolute atomic E-state index is 12.2. The molecule has 2 aromatic carbocycles. The van der Waals surface area contributed by atoms with E-state index < -0.39 is 11.9 Å². The minimum Gasteiger partial charge on any atom is -0.289 e. The van der Waals surface area contributed by atoms with E-state index >= 15 is 0 Å². The monoisotopic (exact) mass is 440 g/mol. The summed E-state index contributed by atoms with van der Waals surface area (Å²) in [6, 6.07) is 14.1. The van der Waals surface area contributed by atoms with Gasteiger partial charge < -0.3 is 0 Å². The summed E-state index contributed by atoms with van der Waals surface area (Å²) in [6.45, 7) is 16.2. The van der Waals surface area contributed by atoms with Crippen molar-refractivity contribution in [3.8, 4) is 0 Å². The first-order valence-electron chi connectivity index (χ1n) is 10.6. The third kappa shape index (κ3) is 7.46. The van der Waals surface area contributed by atoms with Gasteiger partial charge >= 0.3 is 18.2 Å². The van der Waals surface area contributed by atoms with Crippen LogP contribution in [0, 0.1) is 13.2 Å². The van der Waals surface area contributed by atoms with Crippen LogP contribution in [0.3, 0.4) is 0 Å². The fraction of sp³-hybridized carbons (Fsp3) is 0.385. The minimum absolute atomic E-state index is 0.0290. The Morgan fingerprint density at radius 1 is 0.656 bits per heavy atom. The van der Waals surface area contributed by atoms with Gasteiger partial charge in [-0.2, -0.15) is 0 Å². The molecule has 32 heavy (non-hydrogen) atoms. The van der Waals surface area contributed by atoms with Crippen molar-refractivity contribution >= 4 is 11.9 Å². The van der Waals surface area contributed by atoms with E-state index in [0.717, 1.165) is 11.1 Å². The molecule has 6 nitrogen and oxygen atoms in total. The molecule has 0 spiro atoms. The average Bonchev–Trinajstić information content (AvgIpc) is 2.74. The van der Waals surface area contributed by atoms with Crippen LogP contribution in [0.1, 0.15) is 86.2 Å². The third-order valence-electron chi connectivity index (χ3n) is 4.77. The summed E-state index contributed by atoms with van der Waals surface area (Å²) < 4.78 is 0. The van der Waals surface area contributed by atoms with Gasteiger partial charge in [0.1, 0.15) is 0 Å². The molecule has 0 saturated carbocycles. The van der Waals surface area contributed by atoms with Crippen LogP contribution in [0.2, 0.25) is 0 Å². The molecule has 0 bridgehead atoms. The Hall–Kier alpha value is -2.70. The largest absolute Gasteiger partial charge is 0.373 e.